The molecule has 0 saturated carbocycles. The Labute approximate surface area is 148 Å². The van der Waals surface area contributed by atoms with E-state index in [1.54, 1.807) is 17.3 Å². The number of carbonyl (C=O) groups excluding carboxylic acids is 1. The average molecular weight is 345 g/mol. The van der Waals surface area contributed by atoms with E-state index >= 15 is 0 Å². The third kappa shape index (κ3) is 2.45. The van der Waals surface area contributed by atoms with Crippen molar-refractivity contribution in [3.8, 4) is 11.4 Å². The highest BCUT2D eigenvalue weighted by Gasteiger charge is 2.36. The van der Waals surface area contributed by atoms with Crippen LogP contribution < -0.4 is 0 Å². The Morgan fingerprint density at radius 1 is 1.23 bits per heavy atom. The predicted molar refractivity (Wildman–Crippen MR) is 94.5 cm³/mol. The molecule has 0 atom stereocenters. The molecule has 7 heteroatoms. The third-order valence-corrected chi connectivity index (χ3v) is 4.68. The highest BCUT2D eigenvalue weighted by atomic mass is 16.5. The van der Waals surface area contributed by atoms with Gasteiger partial charge in [-0.2, -0.15) is 4.98 Å². The number of rotatable bonds is 3. The average Bonchev–Trinajstić information content (AvgIpc) is 3.30. The molecule has 0 spiro atoms. The van der Waals surface area contributed by atoms with E-state index in [0.29, 0.717) is 30.4 Å². The van der Waals surface area contributed by atoms with Crippen molar-refractivity contribution in [3.63, 3.8) is 0 Å². The molecule has 26 heavy (non-hydrogen) atoms. The molecule has 1 aliphatic rings. The van der Waals surface area contributed by atoms with Gasteiger partial charge in [-0.15, -0.1) is 0 Å². The molecule has 1 aliphatic heterocycles. The van der Waals surface area contributed by atoms with E-state index in [9.17, 15) is 4.79 Å². The maximum Gasteiger partial charge on any atom is 0.253 e. The Morgan fingerprint density at radius 3 is 3.00 bits per heavy atom. The van der Waals surface area contributed by atoms with Crippen LogP contribution in [-0.4, -0.2) is 44.0 Å². The fourth-order valence-corrected chi connectivity index (χ4v) is 3.18. The molecule has 1 saturated heterocycles. The summed E-state index contributed by atoms with van der Waals surface area (Å²) in [6.45, 7) is 1.16. The van der Waals surface area contributed by atoms with Crippen molar-refractivity contribution in [3.05, 3.63) is 66.4 Å². The van der Waals surface area contributed by atoms with Crippen LogP contribution in [0, 0.1) is 0 Å². The largest absolute Gasteiger partial charge is 0.361 e. The van der Waals surface area contributed by atoms with Gasteiger partial charge in [0.05, 0.1) is 5.92 Å². The first-order valence-electron chi connectivity index (χ1n) is 8.38. The summed E-state index contributed by atoms with van der Waals surface area (Å²) in [6, 6.07) is 11.4. The third-order valence-electron chi connectivity index (χ3n) is 4.68. The number of likely N-dealkylation sites (tertiary alicyclic amines) is 1. The molecular weight excluding hydrogens is 330 g/mol. The molecule has 5 rings (SSSR count). The van der Waals surface area contributed by atoms with Crippen LogP contribution in [0.1, 0.15) is 22.2 Å². The van der Waals surface area contributed by atoms with Gasteiger partial charge in [-0.05, 0) is 36.4 Å². The molecule has 7 nitrogen and oxygen atoms in total. The standard InChI is InChI=1S/C19H15N5O2/c25-19(13-3-4-16-12(8-13)5-7-21-16)24-10-15(11-24)18-22-17(23-26-18)14-2-1-6-20-9-14/h1-9,15,21H,10-11H2. The van der Waals surface area contributed by atoms with Crippen LogP contribution in [0.4, 0.5) is 0 Å². The number of aromatic amines is 1. The van der Waals surface area contributed by atoms with Crippen molar-refractivity contribution in [1.82, 2.24) is 25.0 Å². The van der Waals surface area contributed by atoms with E-state index in [0.717, 1.165) is 16.5 Å². The summed E-state index contributed by atoms with van der Waals surface area (Å²) in [5.41, 5.74) is 2.53. The van der Waals surface area contributed by atoms with Gasteiger partial charge in [-0.1, -0.05) is 5.16 Å². The number of hydrogen-bond acceptors (Lipinski definition) is 5. The van der Waals surface area contributed by atoms with E-state index in [1.165, 1.54) is 0 Å². The molecule has 0 unspecified atom stereocenters. The molecule has 0 aliphatic carbocycles. The van der Waals surface area contributed by atoms with Gasteiger partial charge in [-0.25, -0.2) is 0 Å². The maximum absolute atomic E-state index is 12.6. The fraction of sp³-hybridized carbons (Fsp3) is 0.158. The topological polar surface area (TPSA) is 87.9 Å². The lowest BCUT2D eigenvalue weighted by Gasteiger charge is -2.37. The second-order valence-electron chi connectivity index (χ2n) is 6.38. The van der Waals surface area contributed by atoms with Crippen molar-refractivity contribution in [2.24, 2.45) is 0 Å². The fourth-order valence-electron chi connectivity index (χ4n) is 3.18. The molecule has 1 fully saturated rings. The van der Waals surface area contributed by atoms with Gasteiger partial charge < -0.3 is 14.4 Å². The number of benzene rings is 1. The van der Waals surface area contributed by atoms with Gasteiger partial charge in [-0.3, -0.25) is 9.78 Å². The smallest absolute Gasteiger partial charge is 0.253 e. The molecule has 3 aromatic heterocycles. The molecule has 0 bridgehead atoms. The number of hydrogen-bond donors (Lipinski definition) is 1. The normalized spacial score (nSPS) is 14.5. The maximum atomic E-state index is 12.6. The number of carbonyl (C=O) groups is 1. The van der Waals surface area contributed by atoms with E-state index in [2.05, 4.69) is 20.1 Å². The Hall–Kier alpha value is -3.48. The van der Waals surface area contributed by atoms with E-state index in [-0.39, 0.29) is 11.8 Å². The highest BCUT2D eigenvalue weighted by molar-refractivity contribution is 5.98. The van der Waals surface area contributed by atoms with Gasteiger partial charge in [0.15, 0.2) is 0 Å². The number of nitrogens with zero attached hydrogens (tertiary/aromatic N) is 4. The summed E-state index contributed by atoms with van der Waals surface area (Å²) in [4.78, 5) is 26.1. The number of H-pyrrole nitrogens is 1. The summed E-state index contributed by atoms with van der Waals surface area (Å²) in [6.07, 6.45) is 5.27. The second kappa shape index (κ2) is 5.80. The van der Waals surface area contributed by atoms with Gasteiger partial charge in [0, 0.05) is 53.7 Å². The number of fused-ring (bicyclic) bond motifs is 1. The van der Waals surface area contributed by atoms with Crippen LogP contribution in [0.2, 0.25) is 0 Å². The minimum atomic E-state index is 0.0244. The molecular formula is C19H15N5O2. The Bertz CT molecular complexity index is 1080. The molecule has 4 heterocycles. The zero-order chi connectivity index (χ0) is 17.5. The van der Waals surface area contributed by atoms with Gasteiger partial charge in [0.1, 0.15) is 0 Å². The van der Waals surface area contributed by atoms with Crippen molar-refractivity contribution < 1.29 is 9.32 Å². The van der Waals surface area contributed by atoms with Crippen LogP contribution in [0.5, 0.6) is 0 Å². The second-order valence-corrected chi connectivity index (χ2v) is 6.38. The Kier molecular flexibility index (Phi) is 3.31. The molecule has 1 N–H and O–H groups in total. The number of amides is 1. The van der Waals surface area contributed by atoms with Crippen LogP contribution in [0.15, 0.2) is 59.5 Å². The lowest BCUT2D eigenvalue weighted by molar-refractivity contribution is 0.0569. The monoisotopic (exact) mass is 345 g/mol. The minimum Gasteiger partial charge on any atom is -0.361 e. The van der Waals surface area contributed by atoms with Crippen molar-refractivity contribution >= 4 is 16.8 Å². The molecule has 4 aromatic rings. The van der Waals surface area contributed by atoms with E-state index < -0.39 is 0 Å². The van der Waals surface area contributed by atoms with Gasteiger partial charge in [0.2, 0.25) is 11.7 Å². The number of pyridine rings is 1. The first-order valence-corrected chi connectivity index (χ1v) is 8.38. The van der Waals surface area contributed by atoms with Crippen LogP contribution in [0.3, 0.4) is 0 Å². The number of nitrogens with one attached hydrogen (secondary N) is 1. The van der Waals surface area contributed by atoms with Crippen molar-refractivity contribution in [2.45, 2.75) is 5.92 Å². The van der Waals surface area contributed by atoms with Crippen LogP contribution in [0.25, 0.3) is 22.3 Å². The minimum absolute atomic E-state index is 0.0244. The van der Waals surface area contributed by atoms with Gasteiger partial charge >= 0.3 is 0 Å². The molecule has 128 valence electrons. The summed E-state index contributed by atoms with van der Waals surface area (Å²) in [5, 5.41) is 5.05. The highest BCUT2D eigenvalue weighted by Crippen LogP contribution is 2.29. The predicted octanol–water partition coefficient (Wildman–Crippen LogP) is 2.85. The summed E-state index contributed by atoms with van der Waals surface area (Å²) < 4.78 is 5.37. The van der Waals surface area contributed by atoms with Gasteiger partial charge in [0.25, 0.3) is 5.91 Å². The first-order chi connectivity index (χ1) is 12.8. The molecule has 1 amide bonds. The Morgan fingerprint density at radius 2 is 2.15 bits per heavy atom. The van der Waals surface area contributed by atoms with E-state index in [1.807, 2.05) is 42.6 Å². The van der Waals surface area contributed by atoms with Crippen molar-refractivity contribution in [1.29, 1.82) is 0 Å². The Balaban J connectivity index is 1.28. The van der Waals surface area contributed by atoms with Crippen LogP contribution >= 0.6 is 0 Å². The number of aromatic nitrogens is 4. The summed E-state index contributed by atoms with van der Waals surface area (Å²) in [7, 11) is 0. The van der Waals surface area contributed by atoms with Crippen LogP contribution in [-0.2, 0) is 0 Å². The molecule has 1 aromatic carbocycles. The lowest BCUT2D eigenvalue weighted by atomic mass is 9.98. The summed E-state index contributed by atoms with van der Waals surface area (Å²) >= 11 is 0. The molecule has 0 radical (unpaired) electrons. The lowest BCUT2D eigenvalue weighted by Crippen LogP contribution is -2.48. The quantitative estimate of drug-likeness (QED) is 0.617. The summed E-state index contributed by atoms with van der Waals surface area (Å²) in [5.74, 6) is 1.19. The zero-order valence-electron chi connectivity index (χ0n) is 13.8. The first kappa shape index (κ1) is 14.8. The SMILES string of the molecule is O=C(c1ccc2[nH]ccc2c1)N1CC(c2nc(-c3cccnc3)no2)C1. The van der Waals surface area contributed by atoms with Crippen molar-refractivity contribution in [2.75, 3.05) is 13.1 Å². The zero-order valence-corrected chi connectivity index (χ0v) is 13.8. The van der Waals surface area contributed by atoms with E-state index in [4.69, 9.17) is 4.52 Å².